The number of carbonyl (C=O) groups is 3. The number of carboxylic acid groups (broad SMARTS) is 2. The minimum atomic E-state index is -3.18. The summed E-state index contributed by atoms with van der Waals surface area (Å²) in [5.74, 6) is -3.30. The van der Waals surface area contributed by atoms with Crippen molar-refractivity contribution in [2.75, 3.05) is 31.1 Å². The minimum Gasteiger partial charge on any atom is -0.480 e. The summed E-state index contributed by atoms with van der Waals surface area (Å²) in [5.41, 5.74) is -0.895. The Kier molecular flexibility index (Phi) is 5.29. The van der Waals surface area contributed by atoms with Gasteiger partial charge < -0.3 is 15.5 Å². The maximum absolute atomic E-state index is 11.9. The van der Waals surface area contributed by atoms with Gasteiger partial charge in [0.1, 0.15) is 0 Å². The van der Waals surface area contributed by atoms with E-state index >= 15 is 0 Å². The first-order valence-corrected chi connectivity index (χ1v) is 8.01. The number of carbonyl (C=O) groups excluding carboxylic acids is 1. The van der Waals surface area contributed by atoms with Crippen molar-refractivity contribution >= 4 is 27.7 Å². The van der Waals surface area contributed by atoms with Gasteiger partial charge in [-0.2, -0.15) is 0 Å². The summed E-state index contributed by atoms with van der Waals surface area (Å²) in [7, 11) is -3.18. The highest BCUT2D eigenvalue weighted by atomic mass is 32.2. The van der Waals surface area contributed by atoms with E-state index in [0.717, 1.165) is 4.90 Å². The van der Waals surface area contributed by atoms with Gasteiger partial charge in [-0.3, -0.25) is 19.3 Å². The Morgan fingerprint density at radius 1 is 1.14 bits per heavy atom. The molecular formula is C11H18N2O7S. The molecule has 1 aliphatic rings. The monoisotopic (exact) mass is 322 g/mol. The van der Waals surface area contributed by atoms with Crippen molar-refractivity contribution in [2.24, 2.45) is 0 Å². The molecule has 0 aromatic heterocycles. The molecular weight excluding hydrogens is 304 g/mol. The first kappa shape index (κ1) is 17.4. The van der Waals surface area contributed by atoms with E-state index in [1.807, 2.05) is 0 Å². The van der Waals surface area contributed by atoms with Crippen LogP contribution in [0.5, 0.6) is 0 Å². The van der Waals surface area contributed by atoms with E-state index in [2.05, 4.69) is 5.32 Å². The lowest BCUT2D eigenvalue weighted by molar-refractivity contribution is -0.142. The van der Waals surface area contributed by atoms with Crippen LogP contribution in [0.3, 0.4) is 0 Å². The van der Waals surface area contributed by atoms with E-state index in [1.165, 1.54) is 0 Å². The lowest BCUT2D eigenvalue weighted by atomic mass is 10.0. The number of nitrogens with one attached hydrogen (secondary N) is 1. The zero-order chi connectivity index (χ0) is 16.3. The van der Waals surface area contributed by atoms with Gasteiger partial charge in [-0.1, -0.05) is 0 Å². The summed E-state index contributed by atoms with van der Waals surface area (Å²) in [6.07, 6.45) is 0.277. The summed E-state index contributed by atoms with van der Waals surface area (Å²) in [6.45, 7) is -0.00805. The first-order valence-electron chi connectivity index (χ1n) is 6.19. The van der Waals surface area contributed by atoms with Crippen LogP contribution in [-0.2, 0) is 24.2 Å². The molecule has 1 saturated heterocycles. The Labute approximate surface area is 121 Å². The van der Waals surface area contributed by atoms with Gasteiger partial charge in [-0.25, -0.2) is 8.42 Å². The Morgan fingerprint density at radius 3 is 2.05 bits per heavy atom. The predicted octanol–water partition coefficient (Wildman–Crippen LogP) is -1.85. The van der Waals surface area contributed by atoms with Crippen molar-refractivity contribution in [3.8, 4) is 0 Å². The van der Waals surface area contributed by atoms with Gasteiger partial charge in [0.15, 0.2) is 9.84 Å². The molecule has 9 nitrogen and oxygen atoms in total. The van der Waals surface area contributed by atoms with Gasteiger partial charge in [0.05, 0.1) is 36.7 Å². The largest absolute Gasteiger partial charge is 0.480 e. The molecule has 1 atom stereocenters. The third kappa shape index (κ3) is 6.08. The highest BCUT2D eigenvalue weighted by Crippen LogP contribution is 2.22. The molecule has 0 radical (unpaired) electrons. The van der Waals surface area contributed by atoms with E-state index in [0.29, 0.717) is 0 Å². The van der Waals surface area contributed by atoms with Crippen LogP contribution in [-0.4, -0.2) is 78.1 Å². The number of hydrogen-bond acceptors (Lipinski definition) is 6. The Bertz CT molecular complexity index is 529. The Balaban J connectivity index is 2.61. The Hall–Kier alpha value is -1.68. The average Bonchev–Trinajstić information content (AvgIpc) is 2.49. The highest BCUT2D eigenvalue weighted by Gasteiger charge is 2.39. The zero-order valence-electron chi connectivity index (χ0n) is 11.5. The molecule has 1 heterocycles. The number of rotatable bonds is 7. The second kappa shape index (κ2) is 6.39. The second-order valence-corrected chi connectivity index (χ2v) is 7.57. The van der Waals surface area contributed by atoms with Crippen LogP contribution in [0.15, 0.2) is 0 Å². The number of aliphatic carboxylic acids is 2. The molecule has 21 heavy (non-hydrogen) atoms. The standard InChI is InChI=1S/C11H18N2O7S/c1-11(2-3-21(19,20)7-11)12-8(14)4-13(5-9(15)16)6-10(17)18/h2-7H2,1H3,(H,12,14)(H,15,16)(H,17,18). The van der Waals surface area contributed by atoms with Gasteiger partial charge in [0.25, 0.3) is 0 Å². The van der Waals surface area contributed by atoms with Gasteiger partial charge in [0.2, 0.25) is 5.91 Å². The van der Waals surface area contributed by atoms with Crippen molar-refractivity contribution in [2.45, 2.75) is 18.9 Å². The molecule has 120 valence electrons. The molecule has 0 bridgehead atoms. The van der Waals surface area contributed by atoms with E-state index in [-0.39, 0.29) is 17.9 Å². The van der Waals surface area contributed by atoms with Crippen LogP contribution >= 0.6 is 0 Å². The summed E-state index contributed by atoms with van der Waals surface area (Å²) >= 11 is 0. The zero-order valence-corrected chi connectivity index (χ0v) is 12.4. The lowest BCUT2D eigenvalue weighted by Gasteiger charge is -2.26. The average molecular weight is 322 g/mol. The third-order valence-corrected chi connectivity index (χ3v) is 4.93. The van der Waals surface area contributed by atoms with E-state index < -0.39 is 52.9 Å². The van der Waals surface area contributed by atoms with Crippen LogP contribution in [0, 0.1) is 0 Å². The van der Waals surface area contributed by atoms with Gasteiger partial charge in [0, 0.05) is 0 Å². The molecule has 1 fully saturated rings. The minimum absolute atomic E-state index is 0.0161. The van der Waals surface area contributed by atoms with Crippen molar-refractivity contribution in [1.82, 2.24) is 10.2 Å². The summed E-state index contributed by atoms with van der Waals surface area (Å²) in [5, 5.41) is 19.9. The number of nitrogens with zero attached hydrogens (tertiary/aromatic N) is 1. The SMILES string of the molecule is CC1(NC(=O)CN(CC(=O)O)CC(=O)O)CCS(=O)(=O)C1. The molecule has 10 heteroatoms. The van der Waals surface area contributed by atoms with Crippen LogP contribution in [0.1, 0.15) is 13.3 Å². The van der Waals surface area contributed by atoms with Gasteiger partial charge in [-0.05, 0) is 13.3 Å². The summed E-state index contributed by atoms with van der Waals surface area (Å²) in [6, 6.07) is 0. The van der Waals surface area contributed by atoms with E-state index in [1.54, 1.807) is 6.92 Å². The van der Waals surface area contributed by atoms with Crippen LogP contribution in [0.2, 0.25) is 0 Å². The lowest BCUT2D eigenvalue weighted by Crippen LogP contribution is -2.51. The summed E-state index contributed by atoms with van der Waals surface area (Å²) < 4.78 is 22.8. The highest BCUT2D eigenvalue weighted by molar-refractivity contribution is 7.91. The van der Waals surface area contributed by atoms with Crippen molar-refractivity contribution in [1.29, 1.82) is 0 Å². The van der Waals surface area contributed by atoms with Gasteiger partial charge in [-0.15, -0.1) is 0 Å². The van der Waals surface area contributed by atoms with E-state index in [4.69, 9.17) is 10.2 Å². The summed E-state index contributed by atoms with van der Waals surface area (Å²) in [4.78, 5) is 34.0. The molecule has 3 N–H and O–H groups in total. The van der Waals surface area contributed by atoms with E-state index in [9.17, 15) is 22.8 Å². The molecule has 0 aromatic carbocycles. The van der Waals surface area contributed by atoms with Gasteiger partial charge >= 0.3 is 11.9 Å². The quantitative estimate of drug-likeness (QED) is 0.496. The fourth-order valence-corrected chi connectivity index (χ4v) is 4.33. The predicted molar refractivity (Wildman–Crippen MR) is 71.5 cm³/mol. The maximum Gasteiger partial charge on any atom is 0.317 e. The van der Waals surface area contributed by atoms with Crippen LogP contribution in [0.4, 0.5) is 0 Å². The fourth-order valence-electron chi connectivity index (χ4n) is 2.24. The number of hydrogen-bond donors (Lipinski definition) is 3. The first-order chi connectivity index (χ1) is 9.51. The Morgan fingerprint density at radius 2 is 1.67 bits per heavy atom. The van der Waals surface area contributed by atoms with Crippen molar-refractivity contribution in [3.63, 3.8) is 0 Å². The molecule has 0 aliphatic carbocycles. The molecule has 0 saturated carbocycles. The number of amides is 1. The normalized spacial score (nSPS) is 23.9. The fraction of sp³-hybridized carbons (Fsp3) is 0.727. The third-order valence-electron chi connectivity index (χ3n) is 3.03. The van der Waals surface area contributed by atoms with Crippen molar-refractivity contribution < 1.29 is 33.0 Å². The molecule has 1 amide bonds. The molecule has 0 aromatic rings. The number of carboxylic acids is 2. The second-order valence-electron chi connectivity index (χ2n) is 5.38. The maximum atomic E-state index is 11.9. The molecule has 1 rings (SSSR count). The number of sulfone groups is 1. The van der Waals surface area contributed by atoms with Crippen LogP contribution in [0.25, 0.3) is 0 Å². The molecule has 1 unspecified atom stereocenters. The molecule has 0 spiro atoms. The van der Waals surface area contributed by atoms with Crippen LogP contribution < -0.4 is 5.32 Å². The van der Waals surface area contributed by atoms with Crippen molar-refractivity contribution in [3.05, 3.63) is 0 Å². The molecule has 1 aliphatic heterocycles. The topological polar surface area (TPSA) is 141 Å². The smallest absolute Gasteiger partial charge is 0.317 e.